The van der Waals surface area contributed by atoms with Gasteiger partial charge in [0, 0.05) is 29.6 Å². The number of nitrogens with one attached hydrogen (secondary N) is 3. The molecule has 3 aliphatic rings. The molecule has 1 fully saturated rings. The zero-order valence-electron chi connectivity index (χ0n) is 22.5. The molecule has 0 saturated carbocycles. The summed E-state index contributed by atoms with van der Waals surface area (Å²) in [5.41, 5.74) is 2.53. The van der Waals surface area contributed by atoms with Crippen LogP contribution in [0.4, 0.5) is 0 Å². The predicted molar refractivity (Wildman–Crippen MR) is 149 cm³/mol. The SMILES string of the molecule is CC1(C)NB(c2ccccc2)Oc2ccc(C(=O)NCc3cccc4c3C(=O)N(C3CCC(=O)NC3=O)C4=O)cc21. The molecule has 10 nitrogen and oxygen atoms in total. The summed E-state index contributed by atoms with van der Waals surface area (Å²) in [6.45, 7) is 4.04. The lowest BCUT2D eigenvalue weighted by atomic mass is 9.68. The van der Waals surface area contributed by atoms with Gasteiger partial charge in [-0.3, -0.25) is 34.2 Å². The summed E-state index contributed by atoms with van der Waals surface area (Å²) in [4.78, 5) is 64.5. The van der Waals surface area contributed by atoms with E-state index in [1.807, 2.05) is 44.2 Å². The van der Waals surface area contributed by atoms with Gasteiger partial charge in [-0.15, -0.1) is 0 Å². The van der Waals surface area contributed by atoms with Gasteiger partial charge in [-0.1, -0.05) is 42.5 Å². The number of nitrogens with zero attached hydrogens (tertiary/aromatic N) is 1. The number of imide groups is 2. The molecular weight excluding hydrogens is 523 g/mol. The summed E-state index contributed by atoms with van der Waals surface area (Å²) in [5, 5.41) is 8.53. The summed E-state index contributed by atoms with van der Waals surface area (Å²) in [7, 11) is -0.335. The zero-order chi connectivity index (χ0) is 28.9. The third-order valence-corrected chi connectivity index (χ3v) is 7.75. The zero-order valence-corrected chi connectivity index (χ0v) is 22.5. The molecule has 3 aliphatic heterocycles. The van der Waals surface area contributed by atoms with Crippen molar-refractivity contribution in [1.82, 2.24) is 20.8 Å². The van der Waals surface area contributed by atoms with E-state index < -0.39 is 35.2 Å². The van der Waals surface area contributed by atoms with Crippen LogP contribution in [-0.4, -0.2) is 47.5 Å². The summed E-state index contributed by atoms with van der Waals surface area (Å²) in [5.74, 6) is -1.99. The van der Waals surface area contributed by atoms with Crippen molar-refractivity contribution in [3.8, 4) is 5.75 Å². The van der Waals surface area contributed by atoms with Crippen LogP contribution in [0.15, 0.2) is 66.7 Å². The number of piperidine rings is 1. The molecule has 0 aromatic heterocycles. The lowest BCUT2D eigenvalue weighted by Crippen LogP contribution is -2.60. The van der Waals surface area contributed by atoms with E-state index in [4.69, 9.17) is 4.65 Å². The van der Waals surface area contributed by atoms with Gasteiger partial charge in [0.25, 0.3) is 17.7 Å². The molecule has 0 bridgehead atoms. The van der Waals surface area contributed by atoms with E-state index in [0.29, 0.717) is 16.9 Å². The maximum absolute atomic E-state index is 13.3. The molecule has 0 aliphatic carbocycles. The van der Waals surface area contributed by atoms with E-state index in [1.165, 1.54) is 6.07 Å². The van der Waals surface area contributed by atoms with Gasteiger partial charge >= 0.3 is 7.05 Å². The fraction of sp³-hybridized carbons (Fsp3) is 0.233. The van der Waals surface area contributed by atoms with E-state index in [1.54, 1.807) is 30.3 Å². The average molecular weight is 550 g/mol. The van der Waals surface area contributed by atoms with Crippen LogP contribution in [0.5, 0.6) is 5.75 Å². The molecule has 3 N–H and O–H groups in total. The highest BCUT2D eigenvalue weighted by Gasteiger charge is 2.45. The summed E-state index contributed by atoms with van der Waals surface area (Å²) < 4.78 is 6.20. The maximum Gasteiger partial charge on any atom is 0.483 e. The van der Waals surface area contributed by atoms with Crippen LogP contribution < -0.4 is 26.0 Å². The highest BCUT2D eigenvalue weighted by atomic mass is 16.4. The van der Waals surface area contributed by atoms with Crippen LogP contribution >= 0.6 is 0 Å². The number of amides is 5. The van der Waals surface area contributed by atoms with Crippen molar-refractivity contribution in [1.29, 1.82) is 0 Å². The molecule has 3 heterocycles. The summed E-state index contributed by atoms with van der Waals surface area (Å²) >= 11 is 0. The van der Waals surface area contributed by atoms with Crippen molar-refractivity contribution in [3.05, 3.63) is 94.5 Å². The van der Waals surface area contributed by atoms with Gasteiger partial charge in [0.2, 0.25) is 11.8 Å². The predicted octanol–water partition coefficient (Wildman–Crippen LogP) is 1.63. The molecule has 11 heteroatoms. The first kappa shape index (κ1) is 26.5. The van der Waals surface area contributed by atoms with Crippen LogP contribution in [0.2, 0.25) is 0 Å². The largest absolute Gasteiger partial charge is 0.542 e. The minimum Gasteiger partial charge on any atom is -0.542 e. The third kappa shape index (κ3) is 4.68. The van der Waals surface area contributed by atoms with E-state index in [2.05, 4.69) is 15.9 Å². The van der Waals surface area contributed by atoms with Crippen LogP contribution in [0.1, 0.15) is 68.9 Å². The Labute approximate surface area is 236 Å². The standard InChI is InChI=1S/C30H27BN4O6/c1-30(2)21-15-17(11-13-23(21)41-31(34-30)19-8-4-3-5-9-19)26(37)32-16-18-7-6-10-20-25(18)29(40)35(28(20)39)22-12-14-24(36)33-27(22)38/h3-11,13,15,22,34H,12,14,16H2,1-2H3,(H,32,37)(H,33,36,38). The molecule has 1 unspecified atom stereocenters. The Bertz CT molecular complexity index is 1620. The fourth-order valence-corrected chi connectivity index (χ4v) is 5.61. The van der Waals surface area contributed by atoms with Crippen molar-refractivity contribution in [2.24, 2.45) is 0 Å². The Hall–Kier alpha value is -4.77. The monoisotopic (exact) mass is 550 g/mol. The van der Waals surface area contributed by atoms with E-state index in [-0.39, 0.29) is 43.5 Å². The molecule has 0 radical (unpaired) electrons. The normalized spacial score (nSPS) is 19.3. The highest BCUT2D eigenvalue weighted by molar-refractivity contribution is 6.66. The molecule has 41 heavy (non-hydrogen) atoms. The number of rotatable bonds is 5. The van der Waals surface area contributed by atoms with Gasteiger partial charge in [0.15, 0.2) is 0 Å². The topological polar surface area (TPSA) is 134 Å². The van der Waals surface area contributed by atoms with Gasteiger partial charge in [0.1, 0.15) is 11.8 Å². The Balaban J connectivity index is 1.19. The van der Waals surface area contributed by atoms with Gasteiger partial charge in [-0.25, -0.2) is 0 Å². The van der Waals surface area contributed by atoms with Crippen molar-refractivity contribution in [2.45, 2.75) is 44.8 Å². The Morgan fingerprint density at radius 1 is 1.02 bits per heavy atom. The highest BCUT2D eigenvalue weighted by Crippen LogP contribution is 2.35. The van der Waals surface area contributed by atoms with E-state index >= 15 is 0 Å². The minimum absolute atomic E-state index is 0.00444. The van der Waals surface area contributed by atoms with Gasteiger partial charge in [0.05, 0.1) is 11.1 Å². The number of hydrogen-bond acceptors (Lipinski definition) is 7. The molecule has 206 valence electrons. The van der Waals surface area contributed by atoms with Crippen molar-refractivity contribution in [2.75, 3.05) is 0 Å². The Kier molecular flexibility index (Phi) is 6.46. The van der Waals surface area contributed by atoms with Crippen LogP contribution in [0.3, 0.4) is 0 Å². The molecule has 0 spiro atoms. The number of benzene rings is 3. The number of carbonyl (C=O) groups is 5. The Morgan fingerprint density at radius 3 is 2.56 bits per heavy atom. The smallest absolute Gasteiger partial charge is 0.483 e. The average Bonchev–Trinajstić information content (AvgIpc) is 3.21. The van der Waals surface area contributed by atoms with Crippen molar-refractivity contribution >= 4 is 42.0 Å². The molecule has 5 amide bonds. The van der Waals surface area contributed by atoms with E-state index in [9.17, 15) is 24.0 Å². The van der Waals surface area contributed by atoms with Gasteiger partial charge in [-0.05, 0) is 55.6 Å². The second-order valence-corrected chi connectivity index (χ2v) is 10.9. The van der Waals surface area contributed by atoms with Crippen LogP contribution in [0.25, 0.3) is 0 Å². The van der Waals surface area contributed by atoms with Crippen molar-refractivity contribution in [3.63, 3.8) is 0 Å². The Morgan fingerprint density at radius 2 is 1.80 bits per heavy atom. The number of fused-ring (bicyclic) bond motifs is 2. The number of hydrogen-bond donors (Lipinski definition) is 3. The lowest BCUT2D eigenvalue weighted by molar-refractivity contribution is -0.136. The number of carbonyl (C=O) groups excluding carboxylic acids is 5. The summed E-state index contributed by atoms with van der Waals surface area (Å²) in [6.07, 6.45) is 0.110. The minimum atomic E-state index is -1.06. The first-order valence-electron chi connectivity index (χ1n) is 13.4. The molecular formula is C30H27BN4O6. The maximum atomic E-state index is 13.3. The van der Waals surface area contributed by atoms with Crippen LogP contribution in [0, 0.1) is 0 Å². The van der Waals surface area contributed by atoms with Gasteiger partial charge in [-0.2, -0.15) is 0 Å². The third-order valence-electron chi connectivity index (χ3n) is 7.75. The molecule has 1 atom stereocenters. The lowest BCUT2D eigenvalue weighted by Gasteiger charge is -2.37. The fourth-order valence-electron chi connectivity index (χ4n) is 5.61. The summed E-state index contributed by atoms with van der Waals surface area (Å²) in [6, 6.07) is 18.8. The van der Waals surface area contributed by atoms with Crippen LogP contribution in [-0.2, 0) is 21.7 Å². The molecule has 1 saturated heterocycles. The van der Waals surface area contributed by atoms with E-state index in [0.717, 1.165) is 15.9 Å². The second-order valence-electron chi connectivity index (χ2n) is 10.9. The molecule has 3 aromatic carbocycles. The molecule has 6 rings (SSSR count). The van der Waals surface area contributed by atoms with Crippen molar-refractivity contribution < 1.29 is 28.6 Å². The molecule has 3 aromatic rings. The van der Waals surface area contributed by atoms with Gasteiger partial charge < -0.3 is 15.2 Å². The quantitative estimate of drug-likeness (QED) is 0.325. The first-order chi connectivity index (χ1) is 19.6. The second kappa shape index (κ2) is 10.0. The first-order valence-corrected chi connectivity index (χ1v) is 13.4.